The van der Waals surface area contributed by atoms with E-state index in [1.165, 1.54) is 12.1 Å². The maximum Gasteiger partial charge on any atom is 0.153 e. The molecule has 0 aromatic heterocycles. The molecule has 0 aliphatic rings. The monoisotopic (exact) mass is 308 g/mol. The average Bonchev–Trinajstić information content (AvgIpc) is 2.36. The summed E-state index contributed by atoms with van der Waals surface area (Å²) < 4.78 is 19.3. The molecule has 2 rings (SSSR count). The van der Waals surface area contributed by atoms with Crippen LogP contribution in [-0.4, -0.2) is 6.29 Å². The fourth-order valence-electron chi connectivity index (χ4n) is 1.53. The zero-order valence-electron chi connectivity index (χ0n) is 9.61. The molecule has 2 nitrogen and oxygen atoms in total. The molecule has 0 spiro atoms. The third-order valence-corrected chi connectivity index (χ3v) is 3.06. The summed E-state index contributed by atoms with van der Waals surface area (Å²) in [6.45, 7) is 1.88. The zero-order valence-corrected chi connectivity index (χ0v) is 11.2. The molecule has 92 valence electrons. The standard InChI is InChI=1S/C14H10BrFO2/c1-9-2-5-13(10(6-9)8-17)18-14-7-11(16)3-4-12(14)15/h2-8H,1H3. The first kappa shape index (κ1) is 12.8. The normalized spacial score (nSPS) is 10.2. The molecule has 0 fully saturated rings. The summed E-state index contributed by atoms with van der Waals surface area (Å²) in [6.07, 6.45) is 0.718. The lowest BCUT2D eigenvalue weighted by atomic mass is 10.1. The molecule has 0 aliphatic carbocycles. The molecule has 0 unspecified atom stereocenters. The summed E-state index contributed by atoms with van der Waals surface area (Å²) in [5.74, 6) is 0.344. The number of carbonyl (C=O) groups is 1. The van der Waals surface area contributed by atoms with Gasteiger partial charge in [-0.25, -0.2) is 4.39 Å². The Labute approximate surface area is 113 Å². The zero-order chi connectivity index (χ0) is 13.1. The van der Waals surface area contributed by atoms with Crippen LogP contribution in [-0.2, 0) is 0 Å². The van der Waals surface area contributed by atoms with Gasteiger partial charge in [-0.3, -0.25) is 4.79 Å². The van der Waals surface area contributed by atoms with Crippen molar-refractivity contribution in [2.24, 2.45) is 0 Å². The minimum absolute atomic E-state index is 0.335. The number of rotatable bonds is 3. The largest absolute Gasteiger partial charge is 0.455 e. The van der Waals surface area contributed by atoms with Crippen molar-refractivity contribution in [1.29, 1.82) is 0 Å². The van der Waals surface area contributed by atoms with Gasteiger partial charge >= 0.3 is 0 Å². The van der Waals surface area contributed by atoms with Crippen LogP contribution in [0.2, 0.25) is 0 Å². The number of hydrogen-bond acceptors (Lipinski definition) is 2. The van der Waals surface area contributed by atoms with Crippen molar-refractivity contribution in [3.05, 3.63) is 57.8 Å². The maximum absolute atomic E-state index is 13.1. The Morgan fingerprint density at radius 2 is 1.94 bits per heavy atom. The van der Waals surface area contributed by atoms with Crippen molar-refractivity contribution in [3.63, 3.8) is 0 Å². The number of halogens is 2. The molecule has 0 aliphatic heterocycles. The molecule has 0 heterocycles. The molecule has 0 amide bonds. The molecule has 18 heavy (non-hydrogen) atoms. The Hall–Kier alpha value is -1.68. The molecule has 0 saturated carbocycles. The summed E-state index contributed by atoms with van der Waals surface area (Å²) in [5.41, 5.74) is 1.40. The van der Waals surface area contributed by atoms with Gasteiger partial charge in [0.2, 0.25) is 0 Å². The first-order valence-corrected chi connectivity index (χ1v) is 6.08. The second-order valence-electron chi connectivity index (χ2n) is 3.84. The van der Waals surface area contributed by atoms with E-state index in [0.29, 0.717) is 21.5 Å². The van der Waals surface area contributed by atoms with Crippen LogP contribution in [0.15, 0.2) is 40.9 Å². The quantitative estimate of drug-likeness (QED) is 0.780. The maximum atomic E-state index is 13.1. The molecule has 0 bridgehead atoms. The van der Waals surface area contributed by atoms with Gasteiger partial charge in [-0.1, -0.05) is 11.6 Å². The van der Waals surface area contributed by atoms with Crippen LogP contribution in [0.5, 0.6) is 11.5 Å². The summed E-state index contributed by atoms with van der Waals surface area (Å²) in [5, 5.41) is 0. The average molecular weight is 309 g/mol. The Morgan fingerprint density at radius 1 is 1.17 bits per heavy atom. The molecular weight excluding hydrogens is 299 g/mol. The third-order valence-electron chi connectivity index (χ3n) is 2.41. The highest BCUT2D eigenvalue weighted by atomic mass is 79.9. The predicted molar refractivity (Wildman–Crippen MR) is 70.7 cm³/mol. The Bertz CT molecular complexity index is 596. The topological polar surface area (TPSA) is 26.3 Å². The SMILES string of the molecule is Cc1ccc(Oc2cc(F)ccc2Br)c(C=O)c1. The number of carbonyl (C=O) groups excluding carboxylic acids is 1. The summed E-state index contributed by atoms with van der Waals surface area (Å²) >= 11 is 3.27. The Morgan fingerprint density at radius 3 is 2.67 bits per heavy atom. The lowest BCUT2D eigenvalue weighted by Gasteiger charge is -2.10. The van der Waals surface area contributed by atoms with E-state index in [1.54, 1.807) is 18.2 Å². The number of aryl methyl sites for hydroxylation is 1. The van der Waals surface area contributed by atoms with Crippen LogP contribution in [0, 0.1) is 12.7 Å². The minimum atomic E-state index is -0.395. The number of ether oxygens (including phenoxy) is 1. The molecule has 2 aromatic carbocycles. The van der Waals surface area contributed by atoms with Gasteiger partial charge in [0.25, 0.3) is 0 Å². The van der Waals surface area contributed by atoms with Gasteiger partial charge in [-0.05, 0) is 47.1 Å². The number of aldehydes is 1. The van der Waals surface area contributed by atoms with E-state index in [4.69, 9.17) is 4.74 Å². The Kier molecular flexibility index (Phi) is 3.77. The molecular formula is C14H10BrFO2. The smallest absolute Gasteiger partial charge is 0.153 e. The molecule has 0 atom stereocenters. The van der Waals surface area contributed by atoms with E-state index in [9.17, 15) is 9.18 Å². The molecule has 2 aromatic rings. The lowest BCUT2D eigenvalue weighted by Crippen LogP contribution is -1.92. The molecule has 0 saturated heterocycles. The van der Waals surface area contributed by atoms with E-state index in [2.05, 4.69) is 15.9 Å². The second-order valence-corrected chi connectivity index (χ2v) is 4.69. The highest BCUT2D eigenvalue weighted by molar-refractivity contribution is 9.10. The summed E-state index contributed by atoms with van der Waals surface area (Å²) in [7, 11) is 0. The lowest BCUT2D eigenvalue weighted by molar-refractivity contribution is 0.112. The van der Waals surface area contributed by atoms with E-state index in [-0.39, 0.29) is 0 Å². The number of hydrogen-bond donors (Lipinski definition) is 0. The van der Waals surface area contributed by atoms with Gasteiger partial charge in [0.15, 0.2) is 6.29 Å². The first-order chi connectivity index (χ1) is 8.60. The van der Waals surface area contributed by atoms with Gasteiger partial charge in [0.05, 0.1) is 10.0 Å². The van der Waals surface area contributed by atoms with Crippen LogP contribution in [0.1, 0.15) is 15.9 Å². The van der Waals surface area contributed by atoms with Crippen LogP contribution >= 0.6 is 15.9 Å². The van der Waals surface area contributed by atoms with E-state index in [1.807, 2.05) is 13.0 Å². The van der Waals surface area contributed by atoms with E-state index >= 15 is 0 Å². The van der Waals surface area contributed by atoms with Crippen molar-refractivity contribution in [3.8, 4) is 11.5 Å². The van der Waals surface area contributed by atoms with Gasteiger partial charge in [-0.2, -0.15) is 0 Å². The van der Waals surface area contributed by atoms with Crippen LogP contribution in [0.25, 0.3) is 0 Å². The van der Waals surface area contributed by atoms with Gasteiger partial charge in [0, 0.05) is 6.07 Å². The van der Waals surface area contributed by atoms with Gasteiger partial charge < -0.3 is 4.74 Å². The van der Waals surface area contributed by atoms with Crippen molar-refractivity contribution in [2.75, 3.05) is 0 Å². The number of benzene rings is 2. The van der Waals surface area contributed by atoms with Gasteiger partial charge in [-0.15, -0.1) is 0 Å². The summed E-state index contributed by atoms with van der Waals surface area (Å²) in [6, 6.07) is 9.38. The van der Waals surface area contributed by atoms with E-state index in [0.717, 1.165) is 11.8 Å². The molecule has 4 heteroatoms. The molecule has 0 radical (unpaired) electrons. The van der Waals surface area contributed by atoms with Crippen LogP contribution < -0.4 is 4.74 Å². The highest BCUT2D eigenvalue weighted by Crippen LogP contribution is 2.31. The fraction of sp³-hybridized carbons (Fsp3) is 0.0714. The summed E-state index contributed by atoms with van der Waals surface area (Å²) in [4.78, 5) is 11.0. The van der Waals surface area contributed by atoms with Crippen LogP contribution in [0.4, 0.5) is 4.39 Å². The van der Waals surface area contributed by atoms with E-state index < -0.39 is 5.82 Å². The van der Waals surface area contributed by atoms with Crippen LogP contribution in [0.3, 0.4) is 0 Å². The van der Waals surface area contributed by atoms with Crippen molar-refractivity contribution < 1.29 is 13.9 Å². The second kappa shape index (κ2) is 5.31. The molecule has 0 N–H and O–H groups in total. The minimum Gasteiger partial charge on any atom is -0.455 e. The third kappa shape index (κ3) is 2.76. The first-order valence-electron chi connectivity index (χ1n) is 5.29. The Balaban J connectivity index is 2.39. The van der Waals surface area contributed by atoms with Crippen molar-refractivity contribution in [1.82, 2.24) is 0 Å². The van der Waals surface area contributed by atoms with Crippen molar-refractivity contribution >= 4 is 22.2 Å². The highest BCUT2D eigenvalue weighted by Gasteiger charge is 2.08. The predicted octanol–water partition coefficient (Wildman–Crippen LogP) is 4.50. The van der Waals surface area contributed by atoms with Gasteiger partial charge in [0.1, 0.15) is 17.3 Å². The van der Waals surface area contributed by atoms with Crippen molar-refractivity contribution in [2.45, 2.75) is 6.92 Å². The fourth-order valence-corrected chi connectivity index (χ4v) is 1.85.